The van der Waals surface area contributed by atoms with Gasteiger partial charge in [0.2, 0.25) is 0 Å². The average molecular weight is 249 g/mol. The molecule has 1 nitrogen and oxygen atoms in total. The van der Waals surface area contributed by atoms with Gasteiger partial charge in [-0.15, -0.1) is 6.58 Å². The van der Waals surface area contributed by atoms with Crippen LogP contribution in [0.1, 0.15) is 33.1 Å². The second-order valence-electron chi connectivity index (χ2n) is 3.59. The van der Waals surface area contributed by atoms with Gasteiger partial charge >= 0.3 is 0 Å². The lowest BCUT2D eigenvalue weighted by molar-refractivity contribution is 0.106. The molecule has 0 fully saturated rings. The molecule has 0 heterocycles. The molecule has 0 radical (unpaired) electrons. The quantitative estimate of drug-likeness (QED) is 0.361. The van der Waals surface area contributed by atoms with Crippen LogP contribution < -0.4 is 0 Å². The van der Waals surface area contributed by atoms with Crippen LogP contribution >= 0.6 is 15.9 Å². The number of halogens is 1. The van der Waals surface area contributed by atoms with E-state index in [0.717, 1.165) is 25.0 Å². The van der Waals surface area contributed by atoms with E-state index in [1.54, 1.807) is 0 Å². The normalized spacial score (nSPS) is 12.8. The Bertz CT molecular complexity index is 134. The van der Waals surface area contributed by atoms with E-state index in [4.69, 9.17) is 4.74 Å². The Morgan fingerprint density at radius 1 is 1.54 bits per heavy atom. The molecule has 0 aliphatic heterocycles. The van der Waals surface area contributed by atoms with Gasteiger partial charge in [0.15, 0.2) is 0 Å². The first-order valence-corrected chi connectivity index (χ1v) is 6.11. The first kappa shape index (κ1) is 13.2. The molecule has 0 aromatic carbocycles. The number of rotatable bonds is 8. The zero-order chi connectivity index (χ0) is 10.1. The maximum atomic E-state index is 5.56. The van der Waals surface area contributed by atoms with Gasteiger partial charge in [-0.2, -0.15) is 0 Å². The summed E-state index contributed by atoms with van der Waals surface area (Å²) in [6, 6.07) is 0. The Hall–Kier alpha value is 0.180. The lowest BCUT2D eigenvalue weighted by Gasteiger charge is -2.12. The van der Waals surface area contributed by atoms with E-state index < -0.39 is 0 Å². The highest BCUT2D eigenvalue weighted by molar-refractivity contribution is 9.09. The van der Waals surface area contributed by atoms with Gasteiger partial charge < -0.3 is 4.74 Å². The number of ether oxygens (including phenoxy) is 1. The minimum absolute atomic E-state index is 0.676. The van der Waals surface area contributed by atoms with Crippen molar-refractivity contribution in [2.45, 2.75) is 33.1 Å². The SMILES string of the molecule is C=C(C)CCOCC(CBr)CCC. The van der Waals surface area contributed by atoms with Gasteiger partial charge in [-0.1, -0.05) is 34.8 Å². The van der Waals surface area contributed by atoms with Crippen molar-refractivity contribution in [2.75, 3.05) is 18.5 Å². The Morgan fingerprint density at radius 3 is 2.69 bits per heavy atom. The Morgan fingerprint density at radius 2 is 2.23 bits per heavy atom. The van der Waals surface area contributed by atoms with E-state index in [2.05, 4.69) is 29.4 Å². The molecule has 78 valence electrons. The third-order valence-corrected chi connectivity index (χ3v) is 2.86. The van der Waals surface area contributed by atoms with Crippen LogP contribution in [0.3, 0.4) is 0 Å². The topological polar surface area (TPSA) is 9.23 Å². The summed E-state index contributed by atoms with van der Waals surface area (Å²) in [6.45, 7) is 9.79. The molecule has 13 heavy (non-hydrogen) atoms. The van der Waals surface area contributed by atoms with Crippen LogP contribution in [-0.2, 0) is 4.74 Å². The third kappa shape index (κ3) is 8.51. The minimum Gasteiger partial charge on any atom is -0.381 e. The van der Waals surface area contributed by atoms with E-state index in [9.17, 15) is 0 Å². The Labute approximate surface area is 90.7 Å². The van der Waals surface area contributed by atoms with Gasteiger partial charge in [0.1, 0.15) is 0 Å². The molecular formula is C11H21BrO. The predicted octanol–water partition coefficient (Wildman–Crippen LogP) is 3.78. The molecule has 0 rings (SSSR count). The maximum absolute atomic E-state index is 5.56. The molecule has 0 aromatic heterocycles. The fraction of sp³-hybridized carbons (Fsp3) is 0.818. The summed E-state index contributed by atoms with van der Waals surface area (Å²) in [5.74, 6) is 0.676. The van der Waals surface area contributed by atoms with Crippen LogP contribution in [0, 0.1) is 5.92 Å². The van der Waals surface area contributed by atoms with Crippen LogP contribution in [0.4, 0.5) is 0 Å². The second-order valence-corrected chi connectivity index (χ2v) is 4.24. The van der Waals surface area contributed by atoms with Crippen molar-refractivity contribution in [1.82, 2.24) is 0 Å². The Kier molecular flexibility index (Phi) is 8.89. The molecule has 2 heteroatoms. The van der Waals surface area contributed by atoms with E-state index in [0.29, 0.717) is 5.92 Å². The van der Waals surface area contributed by atoms with E-state index in [1.807, 2.05) is 6.92 Å². The summed E-state index contributed by atoms with van der Waals surface area (Å²) in [4.78, 5) is 0. The van der Waals surface area contributed by atoms with Crippen molar-refractivity contribution < 1.29 is 4.74 Å². The highest BCUT2D eigenvalue weighted by Gasteiger charge is 2.05. The molecule has 0 bridgehead atoms. The van der Waals surface area contributed by atoms with Crippen LogP contribution in [0.5, 0.6) is 0 Å². The molecule has 0 aliphatic rings. The van der Waals surface area contributed by atoms with Crippen LogP contribution in [-0.4, -0.2) is 18.5 Å². The molecule has 0 saturated carbocycles. The second kappa shape index (κ2) is 8.76. The van der Waals surface area contributed by atoms with Gasteiger partial charge in [-0.25, -0.2) is 0 Å². The van der Waals surface area contributed by atoms with Crippen molar-refractivity contribution in [3.05, 3.63) is 12.2 Å². The number of hydrogen-bond donors (Lipinski definition) is 0. The lowest BCUT2D eigenvalue weighted by atomic mass is 10.1. The molecule has 0 aromatic rings. The summed E-state index contributed by atoms with van der Waals surface area (Å²) in [6.07, 6.45) is 3.47. The number of alkyl halides is 1. The van der Waals surface area contributed by atoms with Crippen LogP contribution in [0.25, 0.3) is 0 Å². The van der Waals surface area contributed by atoms with Crippen molar-refractivity contribution >= 4 is 15.9 Å². The fourth-order valence-electron chi connectivity index (χ4n) is 1.11. The summed E-state index contributed by atoms with van der Waals surface area (Å²) in [5, 5.41) is 1.05. The molecule has 0 saturated heterocycles. The van der Waals surface area contributed by atoms with Crippen molar-refractivity contribution in [3.8, 4) is 0 Å². The summed E-state index contributed by atoms with van der Waals surface area (Å²) in [7, 11) is 0. The Balaban J connectivity index is 3.32. The molecule has 0 aliphatic carbocycles. The molecule has 0 spiro atoms. The summed E-state index contributed by atoms with van der Waals surface area (Å²) < 4.78 is 5.56. The first-order valence-electron chi connectivity index (χ1n) is 4.98. The highest BCUT2D eigenvalue weighted by Crippen LogP contribution is 2.10. The van der Waals surface area contributed by atoms with Crippen molar-refractivity contribution in [3.63, 3.8) is 0 Å². The smallest absolute Gasteiger partial charge is 0.0503 e. The predicted molar refractivity (Wildman–Crippen MR) is 62.4 cm³/mol. The average Bonchev–Trinajstić information content (AvgIpc) is 2.10. The third-order valence-electron chi connectivity index (χ3n) is 1.94. The standard InChI is InChI=1S/C11H21BrO/c1-4-5-11(8-12)9-13-7-6-10(2)3/h11H,2,4-9H2,1,3H3. The van der Waals surface area contributed by atoms with Crippen molar-refractivity contribution in [2.24, 2.45) is 5.92 Å². The van der Waals surface area contributed by atoms with Crippen molar-refractivity contribution in [1.29, 1.82) is 0 Å². The van der Waals surface area contributed by atoms with Crippen LogP contribution in [0.2, 0.25) is 0 Å². The zero-order valence-corrected chi connectivity index (χ0v) is 10.4. The van der Waals surface area contributed by atoms with Gasteiger partial charge in [0, 0.05) is 5.33 Å². The summed E-state index contributed by atoms with van der Waals surface area (Å²) in [5.41, 5.74) is 1.20. The lowest BCUT2D eigenvalue weighted by Crippen LogP contribution is -2.11. The zero-order valence-electron chi connectivity index (χ0n) is 8.81. The fourth-order valence-corrected chi connectivity index (χ4v) is 1.62. The van der Waals surface area contributed by atoms with Crippen LogP contribution in [0.15, 0.2) is 12.2 Å². The molecule has 1 unspecified atom stereocenters. The first-order chi connectivity index (χ1) is 6.20. The van der Waals surface area contributed by atoms with Gasteiger partial charge in [-0.3, -0.25) is 0 Å². The van der Waals surface area contributed by atoms with Gasteiger partial charge in [0.05, 0.1) is 13.2 Å². The largest absolute Gasteiger partial charge is 0.381 e. The molecule has 0 amide bonds. The van der Waals surface area contributed by atoms with E-state index in [-0.39, 0.29) is 0 Å². The summed E-state index contributed by atoms with van der Waals surface area (Å²) >= 11 is 3.50. The molecule has 0 N–H and O–H groups in total. The monoisotopic (exact) mass is 248 g/mol. The van der Waals surface area contributed by atoms with E-state index >= 15 is 0 Å². The highest BCUT2D eigenvalue weighted by atomic mass is 79.9. The maximum Gasteiger partial charge on any atom is 0.0503 e. The minimum atomic E-state index is 0.676. The number of hydrogen-bond acceptors (Lipinski definition) is 1. The van der Waals surface area contributed by atoms with E-state index in [1.165, 1.54) is 18.4 Å². The van der Waals surface area contributed by atoms with Gasteiger partial charge in [0.25, 0.3) is 0 Å². The molecular weight excluding hydrogens is 228 g/mol. The van der Waals surface area contributed by atoms with Gasteiger partial charge in [-0.05, 0) is 25.7 Å². The molecule has 1 atom stereocenters.